The quantitative estimate of drug-likeness (QED) is 0.254. The molecule has 0 saturated carbocycles. The van der Waals surface area contributed by atoms with Crippen LogP contribution in [0.1, 0.15) is 17.5 Å². The number of carbonyl (C=O) groups is 2. The molecular formula is C26H24F4N2O5S2. The molecule has 208 valence electrons. The number of thioether (sulfide) groups is 1. The molecule has 2 fully saturated rings. The van der Waals surface area contributed by atoms with E-state index in [0.29, 0.717) is 37.1 Å². The Kier molecular flexibility index (Phi) is 9.26. The van der Waals surface area contributed by atoms with Gasteiger partial charge in [0.05, 0.1) is 30.1 Å². The summed E-state index contributed by atoms with van der Waals surface area (Å²) in [4.78, 5) is 27.4. The Morgan fingerprint density at radius 1 is 1.15 bits per heavy atom. The molecule has 0 unspecified atom stereocenters. The summed E-state index contributed by atoms with van der Waals surface area (Å²) in [5.74, 6) is -2.08. The van der Waals surface area contributed by atoms with Crippen LogP contribution in [0.3, 0.4) is 0 Å². The molecular weight excluding hydrogens is 560 g/mol. The number of nitrogens with zero attached hydrogens (tertiary/aromatic N) is 2. The van der Waals surface area contributed by atoms with E-state index in [1.165, 1.54) is 29.2 Å². The first-order valence-electron chi connectivity index (χ1n) is 11.9. The van der Waals surface area contributed by atoms with Crippen molar-refractivity contribution in [2.45, 2.75) is 12.6 Å². The highest BCUT2D eigenvalue weighted by Crippen LogP contribution is 2.38. The largest absolute Gasteiger partial charge is 0.492 e. The van der Waals surface area contributed by atoms with Crippen molar-refractivity contribution in [2.75, 3.05) is 46.0 Å². The van der Waals surface area contributed by atoms with Crippen molar-refractivity contribution in [1.29, 1.82) is 0 Å². The van der Waals surface area contributed by atoms with Gasteiger partial charge in [-0.05, 0) is 42.0 Å². The lowest BCUT2D eigenvalue weighted by molar-refractivity contribution is -0.138. The molecule has 39 heavy (non-hydrogen) atoms. The number of thiocarbonyl (C=S) groups is 1. The number of morpholine rings is 1. The molecule has 2 saturated heterocycles. The van der Waals surface area contributed by atoms with Gasteiger partial charge >= 0.3 is 12.1 Å². The van der Waals surface area contributed by atoms with Gasteiger partial charge in [0.2, 0.25) is 0 Å². The van der Waals surface area contributed by atoms with Gasteiger partial charge in [0, 0.05) is 37.3 Å². The second-order valence-electron chi connectivity index (χ2n) is 8.72. The van der Waals surface area contributed by atoms with Crippen LogP contribution in [0.25, 0.3) is 17.2 Å². The number of amides is 1. The number of aliphatic carboxylic acids is 1. The fourth-order valence-electron chi connectivity index (χ4n) is 4.03. The van der Waals surface area contributed by atoms with E-state index in [-0.39, 0.29) is 39.9 Å². The highest BCUT2D eigenvalue weighted by Gasteiger charge is 2.33. The molecule has 0 aromatic heterocycles. The van der Waals surface area contributed by atoms with E-state index in [1.807, 2.05) is 0 Å². The number of carbonyl (C=O) groups excluding carboxylic acids is 1. The monoisotopic (exact) mass is 584 g/mol. The molecule has 2 heterocycles. The molecule has 1 N–H and O–H groups in total. The summed E-state index contributed by atoms with van der Waals surface area (Å²) in [5.41, 5.74) is -0.754. The van der Waals surface area contributed by atoms with Gasteiger partial charge in [-0.3, -0.25) is 19.4 Å². The van der Waals surface area contributed by atoms with Gasteiger partial charge in [-0.1, -0.05) is 30.0 Å². The number of hydrogen-bond acceptors (Lipinski definition) is 7. The SMILES string of the molecule is O=C(O)CCN1C(=O)C(=Cc2cc(-c3cc(C(F)(F)F)ccc3F)ccc2OCCN2CCOCC2)SC1=S. The average molecular weight is 585 g/mol. The Balaban J connectivity index is 1.66. The standard InChI is InChI=1S/C26H24F4N2O5S2/c27-20-3-2-18(26(28,29)30)15-19(20)16-1-4-21(37-12-9-31-7-10-36-11-8-31)17(13-16)14-22-24(35)32(25(38)39-22)6-5-23(33)34/h1-4,13-15H,5-12H2,(H,33,34). The second-order valence-corrected chi connectivity index (χ2v) is 10.4. The lowest BCUT2D eigenvalue weighted by Crippen LogP contribution is -2.38. The van der Waals surface area contributed by atoms with E-state index in [4.69, 9.17) is 26.8 Å². The molecule has 1 amide bonds. The minimum atomic E-state index is -4.65. The van der Waals surface area contributed by atoms with Crippen LogP contribution in [0.2, 0.25) is 0 Å². The highest BCUT2D eigenvalue weighted by molar-refractivity contribution is 8.26. The van der Waals surface area contributed by atoms with Crippen LogP contribution >= 0.6 is 24.0 Å². The molecule has 0 radical (unpaired) electrons. The maximum absolute atomic E-state index is 14.6. The first kappa shape index (κ1) is 29.0. The number of halogens is 4. The normalized spacial score (nSPS) is 17.7. The van der Waals surface area contributed by atoms with Crippen molar-refractivity contribution >= 4 is 46.3 Å². The summed E-state index contributed by atoms with van der Waals surface area (Å²) in [6, 6.07) is 6.60. The first-order chi connectivity index (χ1) is 18.5. The third kappa shape index (κ3) is 7.35. The number of alkyl halides is 3. The van der Waals surface area contributed by atoms with Gasteiger partial charge < -0.3 is 14.6 Å². The van der Waals surface area contributed by atoms with Crippen LogP contribution in [0.4, 0.5) is 17.6 Å². The molecule has 0 spiro atoms. The molecule has 2 aliphatic rings. The van der Waals surface area contributed by atoms with Crippen molar-refractivity contribution in [3.63, 3.8) is 0 Å². The van der Waals surface area contributed by atoms with E-state index in [0.717, 1.165) is 37.0 Å². The average Bonchev–Trinajstić information content (AvgIpc) is 3.15. The number of carboxylic acid groups (broad SMARTS) is 1. The minimum absolute atomic E-state index is 0.101. The van der Waals surface area contributed by atoms with Gasteiger partial charge in [0.15, 0.2) is 0 Å². The van der Waals surface area contributed by atoms with Crippen molar-refractivity contribution < 1.29 is 41.7 Å². The van der Waals surface area contributed by atoms with E-state index in [9.17, 15) is 27.2 Å². The van der Waals surface area contributed by atoms with Crippen LogP contribution in [-0.4, -0.2) is 77.1 Å². The Hall–Kier alpha value is -3.00. The van der Waals surface area contributed by atoms with Gasteiger partial charge in [-0.15, -0.1) is 0 Å². The molecule has 4 rings (SSSR count). The van der Waals surface area contributed by atoms with Crippen LogP contribution in [0.5, 0.6) is 5.75 Å². The smallest absolute Gasteiger partial charge is 0.416 e. The van der Waals surface area contributed by atoms with Crippen molar-refractivity contribution in [3.05, 3.63) is 58.2 Å². The zero-order chi connectivity index (χ0) is 28.2. The zero-order valence-corrected chi connectivity index (χ0v) is 22.1. The number of carboxylic acids is 1. The number of rotatable bonds is 9. The summed E-state index contributed by atoms with van der Waals surface area (Å²) < 4.78 is 66.0. The molecule has 0 aliphatic carbocycles. The molecule has 7 nitrogen and oxygen atoms in total. The van der Waals surface area contributed by atoms with Crippen LogP contribution in [-0.2, 0) is 20.5 Å². The highest BCUT2D eigenvalue weighted by atomic mass is 32.2. The van der Waals surface area contributed by atoms with Crippen LogP contribution in [0.15, 0.2) is 41.3 Å². The lowest BCUT2D eigenvalue weighted by Gasteiger charge is -2.26. The molecule has 0 atom stereocenters. The van der Waals surface area contributed by atoms with Gasteiger partial charge in [0.25, 0.3) is 5.91 Å². The molecule has 13 heteroatoms. The zero-order valence-electron chi connectivity index (χ0n) is 20.5. The Labute approximate surface area is 231 Å². The predicted octanol–water partition coefficient (Wildman–Crippen LogP) is 4.90. The maximum Gasteiger partial charge on any atom is 0.416 e. The van der Waals surface area contributed by atoms with Crippen LogP contribution < -0.4 is 4.74 Å². The topological polar surface area (TPSA) is 79.3 Å². The van der Waals surface area contributed by atoms with E-state index in [1.54, 1.807) is 0 Å². The third-order valence-corrected chi connectivity index (χ3v) is 7.47. The molecule has 2 aromatic rings. The van der Waals surface area contributed by atoms with Crippen molar-refractivity contribution in [3.8, 4) is 16.9 Å². The molecule has 2 aliphatic heterocycles. The Morgan fingerprint density at radius 2 is 1.90 bits per heavy atom. The number of benzene rings is 2. The second kappa shape index (κ2) is 12.5. The Morgan fingerprint density at radius 3 is 2.59 bits per heavy atom. The van der Waals surface area contributed by atoms with E-state index >= 15 is 0 Å². The predicted molar refractivity (Wildman–Crippen MR) is 142 cm³/mol. The van der Waals surface area contributed by atoms with E-state index in [2.05, 4.69) is 4.90 Å². The van der Waals surface area contributed by atoms with Crippen LogP contribution in [0, 0.1) is 5.82 Å². The molecule has 0 bridgehead atoms. The third-order valence-electron chi connectivity index (χ3n) is 6.09. The van der Waals surface area contributed by atoms with Gasteiger partial charge in [0.1, 0.15) is 22.5 Å². The van der Waals surface area contributed by atoms with Crippen molar-refractivity contribution in [2.24, 2.45) is 0 Å². The summed E-state index contributed by atoms with van der Waals surface area (Å²) in [6.07, 6.45) is -3.48. The first-order valence-corrected chi connectivity index (χ1v) is 13.2. The number of ether oxygens (including phenoxy) is 2. The molecule has 2 aromatic carbocycles. The summed E-state index contributed by atoms with van der Waals surface area (Å²) in [5, 5.41) is 8.96. The summed E-state index contributed by atoms with van der Waals surface area (Å²) in [7, 11) is 0. The summed E-state index contributed by atoms with van der Waals surface area (Å²) in [6.45, 7) is 3.53. The fraction of sp³-hybridized carbons (Fsp3) is 0.346. The Bertz CT molecular complexity index is 1300. The number of hydrogen-bond donors (Lipinski definition) is 1. The van der Waals surface area contributed by atoms with Gasteiger partial charge in [-0.25, -0.2) is 4.39 Å². The fourth-order valence-corrected chi connectivity index (χ4v) is 5.33. The minimum Gasteiger partial charge on any atom is -0.492 e. The van der Waals surface area contributed by atoms with Gasteiger partial charge in [-0.2, -0.15) is 13.2 Å². The van der Waals surface area contributed by atoms with E-state index < -0.39 is 29.4 Å². The lowest BCUT2D eigenvalue weighted by atomic mass is 9.99. The summed E-state index contributed by atoms with van der Waals surface area (Å²) >= 11 is 6.21. The van der Waals surface area contributed by atoms with Crippen molar-refractivity contribution in [1.82, 2.24) is 9.80 Å². The maximum atomic E-state index is 14.6.